The first-order valence-corrected chi connectivity index (χ1v) is 11.1. The van der Waals surface area contributed by atoms with Gasteiger partial charge in [-0.05, 0) is 55.4 Å². The van der Waals surface area contributed by atoms with Gasteiger partial charge < -0.3 is 4.74 Å². The lowest BCUT2D eigenvalue weighted by atomic mass is 9.91. The third-order valence-electron chi connectivity index (χ3n) is 4.10. The summed E-state index contributed by atoms with van der Waals surface area (Å²) in [4.78, 5) is 12.7. The van der Waals surface area contributed by atoms with Crippen LogP contribution in [0.2, 0.25) is 0 Å². The van der Waals surface area contributed by atoms with Crippen molar-refractivity contribution in [1.29, 1.82) is 5.26 Å². The van der Waals surface area contributed by atoms with Gasteiger partial charge in [0.25, 0.3) is 0 Å². The maximum absolute atomic E-state index is 12.7. The Bertz CT molecular complexity index is 434. The lowest BCUT2D eigenvalue weighted by molar-refractivity contribution is -0.143. The van der Waals surface area contributed by atoms with Gasteiger partial charge >= 0.3 is 5.97 Å². The normalized spacial score (nSPS) is 12.9. The highest BCUT2D eigenvalue weighted by Gasteiger charge is 2.35. The van der Waals surface area contributed by atoms with Crippen molar-refractivity contribution >= 4 is 14.2 Å². The van der Waals surface area contributed by atoms with Crippen LogP contribution in [-0.2, 0) is 9.53 Å². The molecule has 0 radical (unpaired) electrons. The number of hydrogen-bond acceptors (Lipinski definition) is 5. The average molecular weight is 386 g/mol. The van der Waals surface area contributed by atoms with Crippen molar-refractivity contribution in [2.75, 3.05) is 12.8 Å². The second-order valence-electron chi connectivity index (χ2n) is 8.83. The molecule has 152 valence electrons. The monoisotopic (exact) mass is 385 g/mol. The number of carbonyl (C=O) groups excluding carboxylic acids is 1. The van der Waals surface area contributed by atoms with Crippen LogP contribution in [0, 0.1) is 16.7 Å². The zero-order valence-electron chi connectivity index (χ0n) is 18.5. The smallest absolute Gasteiger partial charge is 0.312 e. The summed E-state index contributed by atoms with van der Waals surface area (Å²) >= 11 is 0. The van der Waals surface area contributed by atoms with Crippen molar-refractivity contribution in [3.8, 4) is 6.07 Å². The molecule has 0 rings (SSSR count). The fourth-order valence-corrected chi connectivity index (χ4v) is 6.26. The molecule has 26 heavy (non-hydrogen) atoms. The van der Waals surface area contributed by atoms with Crippen molar-refractivity contribution in [2.24, 2.45) is 5.41 Å². The van der Waals surface area contributed by atoms with Crippen LogP contribution in [0.3, 0.4) is 0 Å². The Kier molecular flexibility index (Phi) is 10.9. The Balaban J connectivity index is 5.41. The summed E-state index contributed by atoms with van der Waals surface area (Å²) in [7, 11) is -0.813. The molecule has 0 aromatic carbocycles. The number of nitrogens with zero attached hydrogens (tertiary/aromatic N) is 3. The molecule has 0 saturated carbocycles. The van der Waals surface area contributed by atoms with Gasteiger partial charge in [-0.2, -0.15) is 5.26 Å². The van der Waals surface area contributed by atoms with Gasteiger partial charge in [-0.15, -0.1) is 0 Å². The summed E-state index contributed by atoms with van der Waals surface area (Å²) < 4.78 is 10.5. The molecule has 0 amide bonds. The lowest BCUT2D eigenvalue weighted by Gasteiger charge is -2.46. The third kappa shape index (κ3) is 8.33. The fourth-order valence-electron chi connectivity index (χ4n) is 3.24. The summed E-state index contributed by atoms with van der Waals surface area (Å²) in [6, 6.07) is 3.57. The number of rotatable bonds is 11. The van der Waals surface area contributed by atoms with E-state index in [1.54, 1.807) is 0 Å². The molecular formula is C20H40N3O2P. The second-order valence-corrected chi connectivity index (χ2v) is 10.8. The summed E-state index contributed by atoms with van der Waals surface area (Å²) in [6.45, 7) is 21.7. The van der Waals surface area contributed by atoms with Gasteiger partial charge in [0.1, 0.15) is 0 Å². The highest BCUT2D eigenvalue weighted by molar-refractivity contribution is 7.53. The van der Waals surface area contributed by atoms with Crippen LogP contribution in [0.5, 0.6) is 0 Å². The molecule has 0 aromatic rings. The maximum atomic E-state index is 12.7. The molecule has 0 N–H and O–H groups in total. The van der Waals surface area contributed by atoms with Gasteiger partial charge in [-0.25, -0.2) is 0 Å². The van der Waals surface area contributed by atoms with Gasteiger partial charge in [0.05, 0.1) is 27.1 Å². The van der Waals surface area contributed by atoms with E-state index in [1.165, 1.54) is 0 Å². The minimum atomic E-state index is -0.813. The standard InChI is InChI=1S/C20H40N3O2P/c1-15(2)22(16(3)4)26(23(17(5)6)18(7)8)13-19(24)25-14-20(9,10)11-12-21/h15-18H,11,13-14H2,1-10H3. The van der Waals surface area contributed by atoms with E-state index < -0.39 is 8.22 Å². The SMILES string of the molecule is CC(C)N(C(C)C)P(CC(=O)OCC(C)(C)CC#N)N(C(C)C)C(C)C. The van der Waals surface area contributed by atoms with Crippen LogP contribution in [-0.4, -0.2) is 52.2 Å². The van der Waals surface area contributed by atoms with Gasteiger partial charge in [0.2, 0.25) is 0 Å². The number of carbonyl (C=O) groups is 1. The van der Waals surface area contributed by atoms with Crippen LogP contribution in [0.25, 0.3) is 0 Å². The molecule has 0 aliphatic rings. The zero-order chi connectivity index (χ0) is 20.7. The summed E-state index contributed by atoms with van der Waals surface area (Å²) in [6.07, 6.45) is 0.772. The highest BCUT2D eigenvalue weighted by Crippen LogP contribution is 2.49. The maximum Gasteiger partial charge on any atom is 0.312 e. The minimum absolute atomic E-state index is 0.167. The Morgan fingerprint density at radius 2 is 1.35 bits per heavy atom. The summed E-state index contributed by atoms with van der Waals surface area (Å²) in [5.41, 5.74) is -0.307. The van der Waals surface area contributed by atoms with Crippen LogP contribution < -0.4 is 0 Å². The average Bonchev–Trinajstić information content (AvgIpc) is 2.43. The van der Waals surface area contributed by atoms with E-state index in [9.17, 15) is 4.79 Å². The highest BCUT2D eigenvalue weighted by atomic mass is 31.1. The molecule has 0 heterocycles. The predicted molar refractivity (Wildman–Crippen MR) is 111 cm³/mol. The minimum Gasteiger partial charge on any atom is -0.465 e. The Hall–Kier alpha value is -0.690. The molecular weight excluding hydrogens is 345 g/mol. The first kappa shape index (κ1) is 25.3. The largest absolute Gasteiger partial charge is 0.465 e. The van der Waals surface area contributed by atoms with Crippen LogP contribution in [0.1, 0.15) is 75.7 Å². The molecule has 0 bridgehead atoms. The number of nitriles is 1. The first-order valence-electron chi connectivity index (χ1n) is 9.70. The Labute approximate surface area is 162 Å². The first-order chi connectivity index (χ1) is 11.8. The number of esters is 1. The second kappa shape index (κ2) is 11.2. The van der Waals surface area contributed by atoms with Crippen molar-refractivity contribution in [3.63, 3.8) is 0 Å². The van der Waals surface area contributed by atoms with Gasteiger partial charge in [-0.1, -0.05) is 13.8 Å². The van der Waals surface area contributed by atoms with Crippen molar-refractivity contribution in [2.45, 2.75) is 99.8 Å². The van der Waals surface area contributed by atoms with Crippen molar-refractivity contribution in [1.82, 2.24) is 9.34 Å². The van der Waals surface area contributed by atoms with E-state index in [4.69, 9.17) is 10.00 Å². The number of hydrogen-bond donors (Lipinski definition) is 0. The van der Waals surface area contributed by atoms with Crippen LogP contribution >= 0.6 is 8.22 Å². The van der Waals surface area contributed by atoms with Gasteiger partial charge in [0.15, 0.2) is 0 Å². The molecule has 0 atom stereocenters. The van der Waals surface area contributed by atoms with Crippen molar-refractivity contribution in [3.05, 3.63) is 0 Å². The molecule has 0 aliphatic heterocycles. The summed E-state index contributed by atoms with van der Waals surface area (Å²) in [5.74, 6) is -0.167. The van der Waals surface area contributed by atoms with Gasteiger partial charge in [-0.3, -0.25) is 14.1 Å². The number of ether oxygens (including phenoxy) is 1. The quantitative estimate of drug-likeness (QED) is 0.369. The van der Waals surface area contributed by atoms with Gasteiger partial charge in [0, 0.05) is 36.0 Å². The molecule has 5 nitrogen and oxygen atoms in total. The molecule has 6 heteroatoms. The van der Waals surface area contributed by atoms with Crippen molar-refractivity contribution < 1.29 is 9.53 Å². The molecule has 0 fully saturated rings. The van der Waals surface area contributed by atoms with E-state index in [1.807, 2.05) is 13.8 Å². The zero-order valence-corrected chi connectivity index (χ0v) is 19.4. The Morgan fingerprint density at radius 1 is 0.962 bits per heavy atom. The predicted octanol–water partition coefficient (Wildman–Crippen LogP) is 5.02. The Morgan fingerprint density at radius 3 is 1.65 bits per heavy atom. The fraction of sp³-hybridized carbons (Fsp3) is 0.900. The molecule has 0 aromatic heterocycles. The van der Waals surface area contributed by atoms with E-state index in [-0.39, 0.29) is 18.0 Å². The van der Waals surface area contributed by atoms with E-state index in [2.05, 4.69) is 70.8 Å². The summed E-state index contributed by atoms with van der Waals surface area (Å²) in [5, 5.41) is 8.90. The molecule has 0 unspecified atom stereocenters. The van der Waals surface area contributed by atoms with Crippen LogP contribution in [0.4, 0.5) is 0 Å². The lowest BCUT2D eigenvalue weighted by Crippen LogP contribution is -2.44. The van der Waals surface area contributed by atoms with E-state index in [0.717, 1.165) is 0 Å². The molecule has 0 saturated heterocycles. The van der Waals surface area contributed by atoms with E-state index in [0.29, 0.717) is 36.8 Å². The topological polar surface area (TPSA) is 56.6 Å². The third-order valence-corrected chi connectivity index (χ3v) is 7.56. The molecule has 0 aliphatic carbocycles. The molecule has 0 spiro atoms. The van der Waals surface area contributed by atoms with E-state index >= 15 is 0 Å². The van der Waals surface area contributed by atoms with Crippen LogP contribution in [0.15, 0.2) is 0 Å².